The molecule has 1 aromatic carbocycles. The quantitative estimate of drug-likeness (QED) is 0.580. The summed E-state index contributed by atoms with van der Waals surface area (Å²) >= 11 is 1.64. The molecule has 1 N–H and O–H groups in total. The molecule has 3 aromatic heterocycles. The van der Waals surface area contributed by atoms with E-state index in [0.29, 0.717) is 13.0 Å². The first-order chi connectivity index (χ1) is 12.7. The average molecular weight is 361 g/mol. The largest absolute Gasteiger partial charge is 0.352 e. The van der Waals surface area contributed by atoms with Gasteiger partial charge in [0.1, 0.15) is 0 Å². The smallest absolute Gasteiger partial charge is 0.224 e. The summed E-state index contributed by atoms with van der Waals surface area (Å²) in [6, 6.07) is 14.1. The van der Waals surface area contributed by atoms with Crippen LogP contribution in [0.15, 0.2) is 65.6 Å². The number of hydrogen-bond acceptors (Lipinski definition) is 3. The van der Waals surface area contributed by atoms with Crippen LogP contribution in [0, 0.1) is 0 Å². The van der Waals surface area contributed by atoms with Gasteiger partial charge in [0.05, 0.1) is 12.1 Å². The third kappa shape index (κ3) is 3.26. The van der Waals surface area contributed by atoms with Crippen LogP contribution in [-0.4, -0.2) is 15.5 Å². The molecule has 0 bridgehead atoms. The number of rotatable bonds is 5. The number of hydrogen-bond donors (Lipinski definition) is 1. The Kier molecular flexibility index (Phi) is 4.54. The third-order valence-corrected chi connectivity index (χ3v) is 5.18. The zero-order valence-electron chi connectivity index (χ0n) is 14.5. The minimum Gasteiger partial charge on any atom is -0.352 e. The van der Waals surface area contributed by atoms with Crippen molar-refractivity contribution in [3.8, 4) is 11.3 Å². The first-order valence-corrected chi connectivity index (χ1v) is 9.43. The Balaban J connectivity index is 1.48. The van der Waals surface area contributed by atoms with Crippen LogP contribution >= 0.6 is 11.3 Å². The number of pyridine rings is 1. The second-order valence-electron chi connectivity index (χ2n) is 6.26. The molecule has 26 heavy (non-hydrogen) atoms. The minimum absolute atomic E-state index is 0.0153. The summed E-state index contributed by atoms with van der Waals surface area (Å²) in [7, 11) is 2.01. The van der Waals surface area contributed by atoms with Gasteiger partial charge in [0.15, 0.2) is 0 Å². The second-order valence-corrected chi connectivity index (χ2v) is 7.04. The molecular formula is C21H19N3OS. The van der Waals surface area contributed by atoms with Crippen LogP contribution in [0.3, 0.4) is 0 Å². The summed E-state index contributed by atoms with van der Waals surface area (Å²) in [5.74, 6) is 0.0153. The highest BCUT2D eigenvalue weighted by Gasteiger charge is 2.12. The zero-order valence-corrected chi connectivity index (χ0v) is 15.3. The Hall–Kier alpha value is -2.92. The monoisotopic (exact) mass is 361 g/mol. The Morgan fingerprint density at radius 1 is 1.15 bits per heavy atom. The molecule has 0 unspecified atom stereocenters. The molecule has 0 spiro atoms. The lowest BCUT2D eigenvalue weighted by atomic mass is 10.1. The highest BCUT2D eigenvalue weighted by molar-refractivity contribution is 7.08. The van der Waals surface area contributed by atoms with Crippen LogP contribution in [0.2, 0.25) is 0 Å². The summed E-state index contributed by atoms with van der Waals surface area (Å²) in [5.41, 5.74) is 5.23. The van der Waals surface area contributed by atoms with Crippen LogP contribution in [0.25, 0.3) is 22.2 Å². The predicted octanol–water partition coefficient (Wildman–Crippen LogP) is 4.16. The van der Waals surface area contributed by atoms with E-state index in [0.717, 1.165) is 33.3 Å². The fourth-order valence-electron chi connectivity index (χ4n) is 3.24. The molecule has 3 heterocycles. The number of carbonyl (C=O) groups is 1. The minimum atomic E-state index is 0.0153. The van der Waals surface area contributed by atoms with Crippen molar-refractivity contribution < 1.29 is 4.79 Å². The van der Waals surface area contributed by atoms with Gasteiger partial charge in [-0.25, -0.2) is 0 Å². The zero-order chi connectivity index (χ0) is 17.9. The van der Waals surface area contributed by atoms with Crippen molar-refractivity contribution in [1.82, 2.24) is 14.9 Å². The Bertz CT molecular complexity index is 1050. The van der Waals surface area contributed by atoms with Gasteiger partial charge in [0.2, 0.25) is 5.91 Å². The summed E-state index contributed by atoms with van der Waals surface area (Å²) in [6.07, 6.45) is 4.19. The number of fused-ring (bicyclic) bond motifs is 1. The van der Waals surface area contributed by atoms with E-state index in [4.69, 9.17) is 0 Å². The number of benzene rings is 1. The summed E-state index contributed by atoms with van der Waals surface area (Å²) in [6.45, 7) is 0.475. The van der Waals surface area contributed by atoms with Gasteiger partial charge in [0, 0.05) is 47.8 Å². The summed E-state index contributed by atoms with van der Waals surface area (Å²) < 4.78 is 2.06. The topological polar surface area (TPSA) is 46.9 Å². The van der Waals surface area contributed by atoms with Crippen molar-refractivity contribution in [2.75, 3.05) is 0 Å². The molecule has 0 atom stereocenters. The number of aromatic nitrogens is 2. The van der Waals surface area contributed by atoms with Crippen LogP contribution in [-0.2, 0) is 24.8 Å². The normalized spacial score (nSPS) is 11.0. The van der Waals surface area contributed by atoms with Crippen molar-refractivity contribution in [3.63, 3.8) is 0 Å². The standard InChI is InChI=1S/C21H19N3OS/c1-24-13-17(18-6-2-3-7-19(18)24)11-20(25)23-12-15-5-4-9-22-21(15)16-8-10-26-14-16/h2-10,13-14H,11-12H2,1H3,(H,23,25). The molecule has 0 aliphatic carbocycles. The van der Waals surface area contributed by atoms with Gasteiger partial charge in [-0.15, -0.1) is 0 Å². The van der Waals surface area contributed by atoms with E-state index in [-0.39, 0.29) is 5.91 Å². The van der Waals surface area contributed by atoms with Gasteiger partial charge in [-0.2, -0.15) is 11.3 Å². The second kappa shape index (κ2) is 7.14. The maximum Gasteiger partial charge on any atom is 0.224 e. The molecule has 0 radical (unpaired) electrons. The molecule has 0 aliphatic heterocycles. The summed E-state index contributed by atoms with van der Waals surface area (Å²) in [4.78, 5) is 17.0. The first-order valence-electron chi connectivity index (χ1n) is 8.48. The van der Waals surface area contributed by atoms with Crippen LogP contribution in [0.4, 0.5) is 0 Å². The number of amides is 1. The van der Waals surface area contributed by atoms with Gasteiger partial charge in [-0.1, -0.05) is 24.3 Å². The number of carbonyl (C=O) groups excluding carboxylic acids is 1. The third-order valence-electron chi connectivity index (χ3n) is 4.49. The molecule has 4 aromatic rings. The maximum absolute atomic E-state index is 12.5. The van der Waals surface area contributed by atoms with Crippen molar-refractivity contribution in [3.05, 3.63) is 76.7 Å². The van der Waals surface area contributed by atoms with E-state index in [1.807, 2.05) is 42.9 Å². The lowest BCUT2D eigenvalue weighted by molar-refractivity contribution is -0.120. The molecule has 0 saturated heterocycles. The fraction of sp³-hybridized carbons (Fsp3) is 0.143. The van der Waals surface area contributed by atoms with E-state index in [1.165, 1.54) is 0 Å². The number of nitrogens with one attached hydrogen (secondary N) is 1. The Morgan fingerprint density at radius 2 is 2.04 bits per heavy atom. The molecule has 4 nitrogen and oxygen atoms in total. The maximum atomic E-state index is 12.5. The Labute approximate surface area is 156 Å². The Morgan fingerprint density at radius 3 is 2.88 bits per heavy atom. The molecule has 0 aliphatic rings. The van der Waals surface area contributed by atoms with E-state index < -0.39 is 0 Å². The fourth-order valence-corrected chi connectivity index (χ4v) is 3.88. The molecule has 4 rings (SSSR count). The SMILES string of the molecule is Cn1cc(CC(=O)NCc2cccnc2-c2ccsc2)c2ccccc21. The molecule has 0 saturated carbocycles. The molecule has 130 valence electrons. The number of para-hydroxylation sites is 1. The van der Waals surface area contributed by atoms with Gasteiger partial charge < -0.3 is 9.88 Å². The van der Waals surface area contributed by atoms with E-state index in [1.54, 1.807) is 17.5 Å². The molecule has 5 heteroatoms. The van der Waals surface area contributed by atoms with Crippen LogP contribution in [0.5, 0.6) is 0 Å². The summed E-state index contributed by atoms with van der Waals surface area (Å²) in [5, 5.41) is 8.28. The van der Waals surface area contributed by atoms with E-state index in [2.05, 4.69) is 38.4 Å². The van der Waals surface area contributed by atoms with Gasteiger partial charge in [-0.05, 0) is 34.7 Å². The predicted molar refractivity (Wildman–Crippen MR) is 106 cm³/mol. The molecule has 0 fully saturated rings. The van der Waals surface area contributed by atoms with Crippen LogP contribution < -0.4 is 5.32 Å². The van der Waals surface area contributed by atoms with Gasteiger partial charge in [-0.3, -0.25) is 9.78 Å². The number of thiophene rings is 1. The number of aryl methyl sites for hydroxylation is 1. The van der Waals surface area contributed by atoms with E-state index in [9.17, 15) is 4.79 Å². The molecule has 1 amide bonds. The highest BCUT2D eigenvalue weighted by Crippen LogP contribution is 2.24. The first kappa shape index (κ1) is 16.5. The average Bonchev–Trinajstić information content (AvgIpc) is 3.30. The van der Waals surface area contributed by atoms with Gasteiger partial charge >= 0.3 is 0 Å². The van der Waals surface area contributed by atoms with E-state index >= 15 is 0 Å². The van der Waals surface area contributed by atoms with Gasteiger partial charge in [0.25, 0.3) is 0 Å². The van der Waals surface area contributed by atoms with Crippen molar-refractivity contribution >= 4 is 28.1 Å². The molecular weight excluding hydrogens is 342 g/mol. The number of nitrogens with zero attached hydrogens (tertiary/aromatic N) is 2. The lowest BCUT2D eigenvalue weighted by Gasteiger charge is -2.09. The van der Waals surface area contributed by atoms with Crippen molar-refractivity contribution in [1.29, 1.82) is 0 Å². The van der Waals surface area contributed by atoms with Crippen LogP contribution in [0.1, 0.15) is 11.1 Å². The van der Waals surface area contributed by atoms with Crippen molar-refractivity contribution in [2.24, 2.45) is 7.05 Å². The lowest BCUT2D eigenvalue weighted by Crippen LogP contribution is -2.24. The highest BCUT2D eigenvalue weighted by atomic mass is 32.1. The van der Waals surface area contributed by atoms with Crippen molar-refractivity contribution in [2.45, 2.75) is 13.0 Å².